The van der Waals surface area contributed by atoms with Crippen molar-refractivity contribution in [2.45, 2.75) is 13.5 Å². The Morgan fingerprint density at radius 1 is 1.09 bits per heavy atom. The second-order valence-corrected chi connectivity index (χ2v) is 8.64. The van der Waals surface area contributed by atoms with Crippen LogP contribution in [0.2, 0.25) is 0 Å². The molecular weight excluding hydrogens is 452 g/mol. The molecule has 0 atom stereocenters. The van der Waals surface area contributed by atoms with E-state index in [2.05, 4.69) is 4.99 Å². The third-order valence-electron chi connectivity index (χ3n) is 5.55. The molecule has 2 aromatic heterocycles. The zero-order valence-electron chi connectivity index (χ0n) is 18.7. The minimum absolute atomic E-state index is 0.107. The molecule has 7 nitrogen and oxygen atoms in total. The summed E-state index contributed by atoms with van der Waals surface area (Å²) in [4.78, 5) is 30.7. The van der Waals surface area contributed by atoms with E-state index in [1.807, 2.05) is 60.0 Å². The van der Waals surface area contributed by atoms with Crippen molar-refractivity contribution < 1.29 is 18.7 Å². The summed E-state index contributed by atoms with van der Waals surface area (Å²) in [6.07, 6.45) is 0. The fraction of sp³-hybridized carbons (Fsp3) is 0.192. The van der Waals surface area contributed by atoms with Crippen LogP contribution in [0.15, 0.2) is 74.9 Å². The molecule has 34 heavy (non-hydrogen) atoms. The maximum atomic E-state index is 13.2. The molecule has 0 saturated heterocycles. The Morgan fingerprint density at radius 3 is 2.76 bits per heavy atom. The number of nitrogens with zero attached hydrogens (tertiary/aromatic N) is 2. The Hall–Kier alpha value is -3.75. The van der Waals surface area contributed by atoms with Crippen molar-refractivity contribution in [1.29, 1.82) is 0 Å². The van der Waals surface area contributed by atoms with E-state index in [-0.39, 0.29) is 5.56 Å². The molecule has 0 aliphatic carbocycles. The summed E-state index contributed by atoms with van der Waals surface area (Å²) in [6.45, 7) is 3.33. The molecule has 3 aromatic carbocycles. The van der Waals surface area contributed by atoms with E-state index in [4.69, 9.17) is 13.9 Å². The number of para-hydroxylation sites is 1. The first-order valence-corrected chi connectivity index (χ1v) is 11.7. The summed E-state index contributed by atoms with van der Waals surface area (Å²) in [6, 6.07) is 18.7. The van der Waals surface area contributed by atoms with E-state index in [0.29, 0.717) is 41.3 Å². The summed E-state index contributed by atoms with van der Waals surface area (Å²) in [7, 11) is 1.62. The lowest BCUT2D eigenvalue weighted by molar-refractivity contribution is 0.0994. The summed E-state index contributed by atoms with van der Waals surface area (Å²) in [5.74, 6) is 0.0530. The molecule has 0 fully saturated rings. The summed E-state index contributed by atoms with van der Waals surface area (Å²) >= 11 is 1.36. The van der Waals surface area contributed by atoms with Gasteiger partial charge >= 0.3 is 5.63 Å². The normalized spacial score (nSPS) is 12.1. The zero-order valence-corrected chi connectivity index (χ0v) is 19.6. The van der Waals surface area contributed by atoms with Crippen LogP contribution in [0.25, 0.3) is 32.0 Å². The Bertz CT molecular complexity index is 1660. The van der Waals surface area contributed by atoms with Gasteiger partial charge in [0.15, 0.2) is 4.80 Å². The molecule has 0 radical (unpaired) electrons. The number of aromatic nitrogens is 1. The lowest BCUT2D eigenvalue weighted by Gasteiger charge is -2.09. The number of hydrogen-bond donors (Lipinski definition) is 0. The molecular formula is C26H22N2O5S. The molecule has 5 aromatic rings. The van der Waals surface area contributed by atoms with Gasteiger partial charge in [-0.15, -0.1) is 0 Å². The van der Waals surface area contributed by atoms with Crippen molar-refractivity contribution in [2.24, 2.45) is 4.99 Å². The van der Waals surface area contributed by atoms with Gasteiger partial charge in [0.05, 0.1) is 17.9 Å². The summed E-state index contributed by atoms with van der Waals surface area (Å²) in [5, 5.41) is 2.58. The molecule has 5 rings (SSSR count). The van der Waals surface area contributed by atoms with Crippen molar-refractivity contribution >= 4 is 49.2 Å². The highest BCUT2D eigenvalue weighted by molar-refractivity contribution is 7.16. The fourth-order valence-electron chi connectivity index (χ4n) is 4.01. The van der Waals surface area contributed by atoms with Crippen LogP contribution in [-0.2, 0) is 11.3 Å². The minimum atomic E-state index is -0.712. The Balaban J connectivity index is 1.69. The molecule has 0 aliphatic rings. The molecule has 8 heteroatoms. The quantitative estimate of drug-likeness (QED) is 0.262. The van der Waals surface area contributed by atoms with E-state index < -0.39 is 11.5 Å². The number of hydrogen-bond acceptors (Lipinski definition) is 6. The summed E-state index contributed by atoms with van der Waals surface area (Å²) in [5.41, 5.74) is 0.453. The largest absolute Gasteiger partial charge is 0.492 e. The molecule has 172 valence electrons. The van der Waals surface area contributed by atoms with Gasteiger partial charge in [-0.25, -0.2) is 4.79 Å². The average Bonchev–Trinajstić information content (AvgIpc) is 3.19. The number of carbonyl (C=O) groups is 1. The number of rotatable bonds is 6. The highest BCUT2D eigenvalue weighted by atomic mass is 32.1. The van der Waals surface area contributed by atoms with Crippen LogP contribution in [0.5, 0.6) is 5.75 Å². The van der Waals surface area contributed by atoms with Crippen molar-refractivity contribution in [2.75, 3.05) is 20.3 Å². The zero-order chi connectivity index (χ0) is 23.7. The monoisotopic (exact) mass is 474 g/mol. The van der Waals surface area contributed by atoms with E-state index in [0.717, 1.165) is 21.0 Å². The molecule has 1 amide bonds. The molecule has 0 bridgehead atoms. The van der Waals surface area contributed by atoms with Crippen LogP contribution < -0.4 is 15.2 Å². The Kier molecular flexibility index (Phi) is 6.00. The number of ether oxygens (including phenoxy) is 2. The second kappa shape index (κ2) is 9.24. The third-order valence-corrected chi connectivity index (χ3v) is 6.60. The number of thiazole rings is 1. The van der Waals surface area contributed by atoms with Crippen molar-refractivity contribution in [3.8, 4) is 5.75 Å². The van der Waals surface area contributed by atoms with Crippen LogP contribution in [0.3, 0.4) is 0 Å². The van der Waals surface area contributed by atoms with E-state index in [9.17, 15) is 9.59 Å². The van der Waals surface area contributed by atoms with Gasteiger partial charge in [-0.3, -0.25) is 4.79 Å². The third kappa shape index (κ3) is 3.91. The highest BCUT2D eigenvalue weighted by Crippen LogP contribution is 2.28. The van der Waals surface area contributed by atoms with E-state index >= 15 is 0 Å². The first-order valence-electron chi connectivity index (χ1n) is 10.9. The van der Waals surface area contributed by atoms with Gasteiger partial charge in [-0.2, -0.15) is 4.99 Å². The molecule has 0 spiro atoms. The Morgan fingerprint density at radius 2 is 1.94 bits per heavy atom. The van der Waals surface area contributed by atoms with Gasteiger partial charge in [-0.1, -0.05) is 47.7 Å². The molecule has 0 saturated carbocycles. The number of fused-ring (bicyclic) bond motifs is 4. The molecule has 0 aliphatic heterocycles. The summed E-state index contributed by atoms with van der Waals surface area (Å²) < 4.78 is 19.4. The SMILES string of the molecule is CCOc1cccc2sc(=NC(=O)c3cc4c(ccc5ccccc54)oc3=O)n(CCOC)c12. The predicted molar refractivity (Wildman–Crippen MR) is 133 cm³/mol. The second-order valence-electron chi connectivity index (χ2n) is 7.63. The predicted octanol–water partition coefficient (Wildman–Crippen LogP) is 4.75. The van der Waals surface area contributed by atoms with Crippen LogP contribution in [0, 0.1) is 0 Å². The van der Waals surface area contributed by atoms with Crippen molar-refractivity contribution in [1.82, 2.24) is 4.57 Å². The fourth-order valence-corrected chi connectivity index (χ4v) is 5.08. The van der Waals surface area contributed by atoms with Gasteiger partial charge in [0.1, 0.15) is 22.4 Å². The number of carbonyl (C=O) groups excluding carboxylic acids is 1. The van der Waals surface area contributed by atoms with Crippen molar-refractivity contribution in [3.05, 3.63) is 81.4 Å². The van der Waals surface area contributed by atoms with Crippen LogP contribution in [0.4, 0.5) is 0 Å². The maximum absolute atomic E-state index is 13.2. The van der Waals surface area contributed by atoms with Gasteiger partial charge in [-0.05, 0) is 42.0 Å². The molecule has 2 heterocycles. The average molecular weight is 475 g/mol. The van der Waals surface area contributed by atoms with Gasteiger partial charge in [0.2, 0.25) is 0 Å². The first-order chi connectivity index (χ1) is 16.6. The number of amides is 1. The highest BCUT2D eigenvalue weighted by Gasteiger charge is 2.17. The smallest absolute Gasteiger partial charge is 0.349 e. The minimum Gasteiger partial charge on any atom is -0.492 e. The standard InChI is InChI=1S/C26H22N2O5S/c1-3-32-21-9-6-10-22-23(21)28(13-14-31-2)26(34-22)27-24(29)19-15-18-17-8-5-4-7-16(17)11-12-20(18)33-25(19)30/h4-12,15H,3,13-14H2,1-2H3. The van der Waals surface area contributed by atoms with Crippen LogP contribution in [0.1, 0.15) is 17.3 Å². The van der Waals surface area contributed by atoms with Gasteiger partial charge < -0.3 is 18.5 Å². The molecule has 0 N–H and O–H groups in total. The van der Waals surface area contributed by atoms with Gasteiger partial charge in [0, 0.05) is 19.0 Å². The van der Waals surface area contributed by atoms with Crippen LogP contribution in [-0.4, -0.2) is 30.8 Å². The maximum Gasteiger partial charge on any atom is 0.349 e. The number of methoxy groups -OCH3 is 1. The van der Waals surface area contributed by atoms with Crippen molar-refractivity contribution in [3.63, 3.8) is 0 Å². The molecule has 0 unspecified atom stereocenters. The van der Waals surface area contributed by atoms with Gasteiger partial charge in [0.25, 0.3) is 5.91 Å². The van der Waals surface area contributed by atoms with Crippen LogP contribution >= 0.6 is 11.3 Å². The number of benzene rings is 3. The lowest BCUT2D eigenvalue weighted by Crippen LogP contribution is -2.21. The van der Waals surface area contributed by atoms with E-state index in [1.165, 1.54) is 11.3 Å². The lowest BCUT2D eigenvalue weighted by atomic mass is 10.0. The topological polar surface area (TPSA) is 83.0 Å². The Labute approximate surface area is 198 Å². The first kappa shape index (κ1) is 22.1. The van der Waals surface area contributed by atoms with E-state index in [1.54, 1.807) is 19.2 Å².